The summed E-state index contributed by atoms with van der Waals surface area (Å²) in [4.78, 5) is 6.99. The van der Waals surface area contributed by atoms with Crippen LogP contribution in [-0.4, -0.2) is 25.3 Å². The molecule has 0 aliphatic carbocycles. The highest BCUT2D eigenvalue weighted by atomic mass is 19.4. The van der Waals surface area contributed by atoms with E-state index in [-0.39, 0.29) is 0 Å². The highest BCUT2D eigenvalue weighted by Crippen LogP contribution is 2.17. The first-order valence-electron chi connectivity index (χ1n) is 2.98. The third kappa shape index (κ3) is 7.02. The molecule has 0 atom stereocenters. The molecule has 0 saturated carbocycles. The van der Waals surface area contributed by atoms with Crippen LogP contribution in [0.15, 0.2) is 9.98 Å². The maximum atomic E-state index is 11.5. The molecule has 0 radical (unpaired) electrons. The van der Waals surface area contributed by atoms with Gasteiger partial charge >= 0.3 is 6.18 Å². The Hall–Kier alpha value is -0.870. The van der Waals surface area contributed by atoms with E-state index in [1.807, 2.05) is 0 Å². The van der Waals surface area contributed by atoms with Crippen LogP contribution in [0.3, 0.4) is 0 Å². The minimum Gasteiger partial charge on any atom is -0.274 e. The molecule has 0 heterocycles. The third-order valence-electron chi connectivity index (χ3n) is 0.924. The highest BCUT2D eigenvalue weighted by molar-refractivity contribution is 5.87. The molecule has 5 heteroatoms. The standard InChI is InChI=1S/C6H9F3N2/c1-5(10-2)11-4-3-6(7,8)9/h4H,3H2,1-2H3. The summed E-state index contributed by atoms with van der Waals surface area (Å²) in [6, 6.07) is 0. The molecule has 0 spiro atoms. The number of halogens is 3. The van der Waals surface area contributed by atoms with Gasteiger partial charge in [-0.3, -0.25) is 4.99 Å². The van der Waals surface area contributed by atoms with Gasteiger partial charge in [0.2, 0.25) is 0 Å². The van der Waals surface area contributed by atoms with Crippen LogP contribution in [0, 0.1) is 0 Å². The zero-order valence-corrected chi connectivity index (χ0v) is 6.31. The molecule has 0 aliphatic heterocycles. The first kappa shape index (κ1) is 10.1. The van der Waals surface area contributed by atoms with Crippen molar-refractivity contribution in [3.8, 4) is 0 Å². The van der Waals surface area contributed by atoms with Crippen molar-refractivity contribution in [1.29, 1.82) is 0 Å². The van der Waals surface area contributed by atoms with Crippen molar-refractivity contribution in [3.05, 3.63) is 0 Å². The summed E-state index contributed by atoms with van der Waals surface area (Å²) in [5.41, 5.74) is 0. The molecule has 0 N–H and O–H groups in total. The summed E-state index contributed by atoms with van der Waals surface area (Å²) in [6.45, 7) is 1.53. The first-order valence-corrected chi connectivity index (χ1v) is 2.98. The van der Waals surface area contributed by atoms with Gasteiger partial charge in [-0.25, -0.2) is 4.99 Å². The van der Waals surface area contributed by atoms with Crippen molar-refractivity contribution in [1.82, 2.24) is 0 Å². The number of hydrogen-bond donors (Lipinski definition) is 0. The van der Waals surface area contributed by atoms with E-state index < -0.39 is 12.6 Å². The summed E-state index contributed by atoms with van der Waals surface area (Å²) in [5.74, 6) is 0.342. The third-order valence-corrected chi connectivity index (χ3v) is 0.924. The molecule has 0 fully saturated rings. The lowest BCUT2D eigenvalue weighted by Gasteiger charge is -1.98. The molecular formula is C6H9F3N2. The molecule has 0 aromatic rings. The van der Waals surface area contributed by atoms with Crippen molar-refractivity contribution < 1.29 is 13.2 Å². The van der Waals surface area contributed by atoms with Crippen molar-refractivity contribution in [3.63, 3.8) is 0 Å². The minimum absolute atomic E-state index is 0.342. The predicted octanol–water partition coefficient (Wildman–Crippen LogP) is 2.06. The van der Waals surface area contributed by atoms with Crippen LogP contribution < -0.4 is 0 Å². The van der Waals surface area contributed by atoms with Crippen LogP contribution in [0.1, 0.15) is 13.3 Å². The molecule has 0 aromatic carbocycles. The highest BCUT2D eigenvalue weighted by Gasteiger charge is 2.25. The number of alkyl halides is 3. The monoisotopic (exact) mass is 166 g/mol. The van der Waals surface area contributed by atoms with Gasteiger partial charge in [0, 0.05) is 13.3 Å². The number of amidine groups is 1. The van der Waals surface area contributed by atoms with Crippen molar-refractivity contribution in [2.45, 2.75) is 19.5 Å². The van der Waals surface area contributed by atoms with E-state index in [0.29, 0.717) is 5.84 Å². The van der Waals surface area contributed by atoms with E-state index >= 15 is 0 Å². The molecule has 2 nitrogen and oxygen atoms in total. The van der Waals surface area contributed by atoms with Gasteiger partial charge in [-0.15, -0.1) is 0 Å². The van der Waals surface area contributed by atoms with E-state index in [0.717, 1.165) is 6.21 Å². The van der Waals surface area contributed by atoms with Crippen molar-refractivity contribution in [2.24, 2.45) is 9.98 Å². The summed E-state index contributed by atoms with van der Waals surface area (Å²) >= 11 is 0. The van der Waals surface area contributed by atoms with Gasteiger partial charge in [0.25, 0.3) is 0 Å². The summed E-state index contributed by atoms with van der Waals surface area (Å²) < 4.78 is 34.4. The maximum absolute atomic E-state index is 11.5. The second kappa shape index (κ2) is 4.10. The Morgan fingerprint density at radius 3 is 2.36 bits per heavy atom. The lowest BCUT2D eigenvalue weighted by Crippen LogP contribution is -2.07. The largest absolute Gasteiger partial charge is 0.393 e. The van der Waals surface area contributed by atoms with E-state index in [1.54, 1.807) is 0 Å². The topological polar surface area (TPSA) is 24.7 Å². The molecule has 0 saturated heterocycles. The smallest absolute Gasteiger partial charge is 0.274 e. The van der Waals surface area contributed by atoms with Gasteiger partial charge in [0.05, 0.1) is 6.42 Å². The molecule has 0 amide bonds. The van der Waals surface area contributed by atoms with Gasteiger partial charge in [0.15, 0.2) is 0 Å². The Morgan fingerprint density at radius 2 is 2.00 bits per heavy atom. The van der Waals surface area contributed by atoms with E-state index in [1.165, 1.54) is 14.0 Å². The number of hydrogen-bond acceptors (Lipinski definition) is 1. The van der Waals surface area contributed by atoms with Crippen molar-refractivity contribution in [2.75, 3.05) is 7.05 Å². The average molecular weight is 166 g/mol. The summed E-state index contributed by atoms with van der Waals surface area (Å²) in [6.07, 6.45) is -4.36. The van der Waals surface area contributed by atoms with E-state index in [9.17, 15) is 13.2 Å². The fourth-order valence-electron chi connectivity index (χ4n) is 0.339. The van der Waals surface area contributed by atoms with Crippen LogP contribution in [0.2, 0.25) is 0 Å². The fourth-order valence-corrected chi connectivity index (χ4v) is 0.339. The molecule has 64 valence electrons. The maximum Gasteiger partial charge on any atom is 0.393 e. The Bertz CT molecular complexity index is 169. The molecule has 0 unspecified atom stereocenters. The molecule has 0 rings (SSSR count). The molecule has 0 bridgehead atoms. The minimum atomic E-state index is -4.17. The Morgan fingerprint density at radius 1 is 1.45 bits per heavy atom. The molecule has 0 aromatic heterocycles. The van der Waals surface area contributed by atoms with E-state index in [2.05, 4.69) is 9.98 Å². The Kier molecular flexibility index (Phi) is 3.78. The summed E-state index contributed by atoms with van der Waals surface area (Å²) in [5, 5.41) is 0. The zero-order valence-electron chi connectivity index (χ0n) is 6.31. The molecule has 0 aliphatic rings. The van der Waals surface area contributed by atoms with Crippen LogP contribution in [0.25, 0.3) is 0 Å². The van der Waals surface area contributed by atoms with Gasteiger partial charge in [0.1, 0.15) is 5.84 Å². The molecular weight excluding hydrogens is 157 g/mol. The second-order valence-corrected chi connectivity index (χ2v) is 1.90. The number of nitrogens with zero attached hydrogens (tertiary/aromatic N) is 2. The number of rotatable bonds is 1. The van der Waals surface area contributed by atoms with Gasteiger partial charge in [-0.2, -0.15) is 13.2 Å². The quantitative estimate of drug-likeness (QED) is 0.420. The lowest BCUT2D eigenvalue weighted by molar-refractivity contribution is -0.120. The number of aliphatic imine (C=N–C) groups is 2. The van der Waals surface area contributed by atoms with Gasteiger partial charge in [-0.05, 0) is 6.92 Å². The van der Waals surface area contributed by atoms with Gasteiger partial charge < -0.3 is 0 Å². The van der Waals surface area contributed by atoms with Crippen LogP contribution in [0.4, 0.5) is 13.2 Å². The van der Waals surface area contributed by atoms with E-state index in [4.69, 9.17) is 0 Å². The normalized spacial score (nSPS) is 14.5. The van der Waals surface area contributed by atoms with Crippen molar-refractivity contribution >= 4 is 12.1 Å². The second-order valence-electron chi connectivity index (χ2n) is 1.90. The Balaban J connectivity index is 3.79. The van der Waals surface area contributed by atoms with Crippen LogP contribution in [0.5, 0.6) is 0 Å². The predicted molar refractivity (Wildman–Crippen MR) is 38.2 cm³/mol. The SMILES string of the molecule is CN=C(C)N=CCC(F)(F)F. The Labute approximate surface area is 62.9 Å². The first-order chi connectivity index (χ1) is 4.95. The lowest BCUT2D eigenvalue weighted by atomic mass is 10.4. The molecule has 11 heavy (non-hydrogen) atoms. The zero-order chi connectivity index (χ0) is 8.91. The van der Waals surface area contributed by atoms with Gasteiger partial charge in [-0.1, -0.05) is 0 Å². The van der Waals surface area contributed by atoms with Crippen LogP contribution in [-0.2, 0) is 0 Å². The van der Waals surface area contributed by atoms with Crippen LogP contribution >= 0.6 is 0 Å². The average Bonchev–Trinajstić information content (AvgIpc) is 1.85. The fraction of sp³-hybridized carbons (Fsp3) is 0.667. The summed E-state index contributed by atoms with van der Waals surface area (Å²) in [7, 11) is 1.47.